The van der Waals surface area contributed by atoms with E-state index in [-0.39, 0.29) is 12.3 Å². The Bertz CT molecular complexity index is 830. The average Bonchev–Trinajstić information content (AvgIpc) is 3.06. The summed E-state index contributed by atoms with van der Waals surface area (Å²) in [5, 5.41) is 11.4. The number of nitrogens with zero attached hydrogens (tertiary/aromatic N) is 2. The van der Waals surface area contributed by atoms with E-state index in [0.717, 1.165) is 5.56 Å². The Balaban J connectivity index is 1.60. The van der Waals surface area contributed by atoms with Crippen molar-refractivity contribution in [3.63, 3.8) is 0 Å². The third-order valence-corrected chi connectivity index (χ3v) is 3.91. The average molecular weight is 362 g/mol. The van der Waals surface area contributed by atoms with Crippen LogP contribution in [0.15, 0.2) is 52.9 Å². The summed E-state index contributed by atoms with van der Waals surface area (Å²) in [5.74, 6) is 0.596. The van der Waals surface area contributed by atoms with Gasteiger partial charge < -0.3 is 9.73 Å². The summed E-state index contributed by atoms with van der Waals surface area (Å²) < 4.78 is 5.56. The molecule has 24 heavy (non-hydrogen) atoms. The molecule has 0 aliphatic heterocycles. The number of aromatic nitrogens is 2. The molecule has 1 heterocycles. The Hall–Kier alpha value is -2.37. The summed E-state index contributed by atoms with van der Waals surface area (Å²) in [6.07, 6.45) is 0.506. The van der Waals surface area contributed by atoms with Crippen LogP contribution in [0.4, 0.5) is 5.69 Å². The van der Waals surface area contributed by atoms with Crippen LogP contribution < -0.4 is 5.32 Å². The molecule has 0 bridgehead atoms. The number of para-hydroxylation sites is 1. The van der Waals surface area contributed by atoms with Gasteiger partial charge in [-0.05, 0) is 24.3 Å². The quantitative estimate of drug-likeness (QED) is 0.719. The number of aryl methyl sites for hydroxylation is 1. The van der Waals surface area contributed by atoms with Gasteiger partial charge in [-0.25, -0.2) is 0 Å². The van der Waals surface area contributed by atoms with Crippen molar-refractivity contribution in [2.75, 3.05) is 5.32 Å². The molecule has 0 aliphatic carbocycles. The minimum absolute atomic E-state index is 0.179. The van der Waals surface area contributed by atoms with Gasteiger partial charge in [0.05, 0.1) is 15.7 Å². The van der Waals surface area contributed by atoms with Gasteiger partial charge in [-0.3, -0.25) is 4.79 Å². The Kier molecular flexibility index (Phi) is 5.13. The number of carbonyl (C=O) groups is 1. The first-order valence-electron chi connectivity index (χ1n) is 7.25. The highest BCUT2D eigenvalue weighted by molar-refractivity contribution is 6.39. The maximum Gasteiger partial charge on any atom is 0.247 e. The minimum Gasteiger partial charge on any atom is -0.421 e. The van der Waals surface area contributed by atoms with Crippen LogP contribution >= 0.6 is 23.2 Å². The Morgan fingerprint density at radius 2 is 1.71 bits per heavy atom. The topological polar surface area (TPSA) is 68.0 Å². The van der Waals surface area contributed by atoms with E-state index in [4.69, 9.17) is 27.6 Å². The molecule has 3 aromatic rings. The van der Waals surface area contributed by atoms with E-state index in [1.807, 2.05) is 30.3 Å². The molecular weight excluding hydrogens is 349 g/mol. The second-order valence-corrected chi connectivity index (χ2v) is 5.83. The zero-order valence-electron chi connectivity index (χ0n) is 12.5. The van der Waals surface area contributed by atoms with Crippen LogP contribution in [0.5, 0.6) is 0 Å². The lowest BCUT2D eigenvalue weighted by Gasteiger charge is -2.08. The highest BCUT2D eigenvalue weighted by atomic mass is 35.5. The lowest BCUT2D eigenvalue weighted by molar-refractivity contribution is -0.116. The number of rotatable bonds is 5. The number of benzene rings is 2. The van der Waals surface area contributed by atoms with E-state index < -0.39 is 0 Å². The van der Waals surface area contributed by atoms with Gasteiger partial charge in [0.25, 0.3) is 0 Å². The summed E-state index contributed by atoms with van der Waals surface area (Å²) in [7, 11) is 0. The van der Waals surface area contributed by atoms with Crippen LogP contribution in [0.1, 0.15) is 12.3 Å². The van der Waals surface area contributed by atoms with Crippen LogP contribution in [0.25, 0.3) is 11.5 Å². The molecule has 0 saturated carbocycles. The van der Waals surface area contributed by atoms with Gasteiger partial charge in [0, 0.05) is 18.4 Å². The predicted molar refractivity (Wildman–Crippen MR) is 93.1 cm³/mol. The van der Waals surface area contributed by atoms with E-state index >= 15 is 0 Å². The molecule has 3 rings (SSSR count). The van der Waals surface area contributed by atoms with Gasteiger partial charge >= 0.3 is 0 Å². The summed E-state index contributed by atoms with van der Waals surface area (Å²) in [6, 6.07) is 14.5. The fourth-order valence-corrected chi connectivity index (χ4v) is 2.58. The maximum atomic E-state index is 12.0. The smallest absolute Gasteiger partial charge is 0.247 e. The van der Waals surface area contributed by atoms with Crippen molar-refractivity contribution >= 4 is 34.8 Å². The zero-order chi connectivity index (χ0) is 16.9. The molecule has 0 saturated heterocycles. The fourth-order valence-electron chi connectivity index (χ4n) is 2.09. The van der Waals surface area contributed by atoms with Gasteiger partial charge in [0.1, 0.15) is 0 Å². The van der Waals surface area contributed by atoms with Crippen molar-refractivity contribution in [1.82, 2.24) is 10.2 Å². The third-order valence-electron chi connectivity index (χ3n) is 3.28. The van der Waals surface area contributed by atoms with Gasteiger partial charge in [-0.15, -0.1) is 10.2 Å². The van der Waals surface area contributed by atoms with Gasteiger partial charge in [-0.1, -0.05) is 47.5 Å². The standard InChI is InChI=1S/C17H13Cl2N3O2/c18-12-7-4-8-13(19)16(12)20-14(23)9-10-15-21-22-17(24-15)11-5-2-1-3-6-11/h1-8H,9-10H2,(H,20,23). The van der Waals surface area contributed by atoms with Crippen LogP contribution in [-0.2, 0) is 11.2 Å². The number of halogens is 2. The first-order chi connectivity index (χ1) is 11.6. The largest absolute Gasteiger partial charge is 0.421 e. The monoisotopic (exact) mass is 361 g/mol. The number of hydrogen-bond donors (Lipinski definition) is 1. The lowest BCUT2D eigenvalue weighted by atomic mass is 10.2. The molecule has 0 radical (unpaired) electrons. The Morgan fingerprint density at radius 3 is 2.42 bits per heavy atom. The lowest BCUT2D eigenvalue weighted by Crippen LogP contribution is -2.13. The van der Waals surface area contributed by atoms with E-state index in [2.05, 4.69) is 15.5 Å². The molecule has 0 aliphatic rings. The summed E-state index contributed by atoms with van der Waals surface area (Å²) in [5.41, 5.74) is 1.24. The first kappa shape index (κ1) is 16.5. The third kappa shape index (κ3) is 3.93. The van der Waals surface area contributed by atoms with E-state index in [1.165, 1.54) is 0 Å². The molecule has 0 fully saturated rings. The summed E-state index contributed by atoms with van der Waals surface area (Å²) in [6.45, 7) is 0. The van der Waals surface area contributed by atoms with Crippen LogP contribution in [0.2, 0.25) is 10.0 Å². The van der Waals surface area contributed by atoms with E-state index in [1.54, 1.807) is 18.2 Å². The molecule has 1 aromatic heterocycles. The maximum absolute atomic E-state index is 12.0. The molecule has 5 nitrogen and oxygen atoms in total. The molecule has 122 valence electrons. The molecule has 7 heteroatoms. The normalized spacial score (nSPS) is 10.6. The molecule has 2 aromatic carbocycles. The van der Waals surface area contributed by atoms with Crippen molar-refractivity contribution in [1.29, 1.82) is 0 Å². The van der Waals surface area contributed by atoms with Crippen molar-refractivity contribution in [2.24, 2.45) is 0 Å². The Labute approximate surface area is 148 Å². The fraction of sp³-hybridized carbons (Fsp3) is 0.118. The number of hydrogen-bond acceptors (Lipinski definition) is 4. The van der Waals surface area contributed by atoms with Crippen molar-refractivity contribution < 1.29 is 9.21 Å². The predicted octanol–water partition coefficient (Wildman–Crippen LogP) is 4.61. The number of amides is 1. The molecule has 1 amide bonds. The minimum atomic E-state index is -0.232. The van der Waals surface area contributed by atoms with Gasteiger partial charge in [0.2, 0.25) is 17.7 Å². The number of carbonyl (C=O) groups excluding carboxylic acids is 1. The highest BCUT2D eigenvalue weighted by Gasteiger charge is 2.12. The summed E-state index contributed by atoms with van der Waals surface area (Å²) in [4.78, 5) is 12.0. The SMILES string of the molecule is O=C(CCc1nnc(-c2ccccc2)o1)Nc1c(Cl)cccc1Cl. The summed E-state index contributed by atoms with van der Waals surface area (Å²) >= 11 is 12.0. The number of anilines is 1. The van der Waals surface area contributed by atoms with Crippen LogP contribution in [-0.4, -0.2) is 16.1 Å². The van der Waals surface area contributed by atoms with Crippen molar-refractivity contribution in [3.8, 4) is 11.5 Å². The van der Waals surface area contributed by atoms with E-state index in [9.17, 15) is 4.79 Å². The van der Waals surface area contributed by atoms with Gasteiger partial charge in [-0.2, -0.15) is 0 Å². The van der Waals surface area contributed by atoms with Crippen LogP contribution in [0.3, 0.4) is 0 Å². The zero-order valence-corrected chi connectivity index (χ0v) is 14.0. The molecule has 1 N–H and O–H groups in total. The van der Waals surface area contributed by atoms with E-state index in [0.29, 0.717) is 33.9 Å². The van der Waals surface area contributed by atoms with Crippen molar-refractivity contribution in [3.05, 3.63) is 64.5 Å². The van der Waals surface area contributed by atoms with Crippen LogP contribution in [0, 0.1) is 0 Å². The first-order valence-corrected chi connectivity index (χ1v) is 8.01. The van der Waals surface area contributed by atoms with Crippen molar-refractivity contribution in [2.45, 2.75) is 12.8 Å². The molecular formula is C17H13Cl2N3O2. The second kappa shape index (κ2) is 7.47. The molecule has 0 spiro atoms. The Morgan fingerprint density at radius 1 is 1.00 bits per heavy atom. The molecule has 0 unspecified atom stereocenters. The number of nitrogens with one attached hydrogen (secondary N) is 1. The second-order valence-electron chi connectivity index (χ2n) is 5.01. The molecule has 0 atom stereocenters. The highest BCUT2D eigenvalue weighted by Crippen LogP contribution is 2.29. The van der Waals surface area contributed by atoms with Gasteiger partial charge in [0.15, 0.2) is 0 Å².